The lowest BCUT2D eigenvalue weighted by molar-refractivity contribution is -0.145. The van der Waals surface area contributed by atoms with Crippen LogP contribution in [0.3, 0.4) is 0 Å². The van der Waals surface area contributed by atoms with Crippen LogP contribution in [0.25, 0.3) is 0 Å². The number of benzene rings is 2. The van der Waals surface area contributed by atoms with E-state index >= 15 is 0 Å². The molecule has 248 valence electrons. The van der Waals surface area contributed by atoms with Gasteiger partial charge in [-0.25, -0.2) is 4.79 Å². The molecule has 2 aromatic carbocycles. The number of alkyl carbamates (subject to hydrolysis) is 1. The Hall–Kier alpha value is -4.18. The molecular formula is C36H47N3O7. The number of carbonyl (C=O) groups is 4. The third-order valence-electron chi connectivity index (χ3n) is 8.52. The van der Waals surface area contributed by atoms with Crippen LogP contribution in [0.2, 0.25) is 0 Å². The standard InChI is InChI=1S/C36H47N3O7/c40-24-32-21-28-15-9-10-17-30(28)23-39(32)33(41)22-29-16-7-2-1-3-8-19-34(42)45-26-31(38-35(29)43)18-11-12-20-37-36(44)46-25-27-13-5-4-6-14-27/h2,4-7,9-10,13-15,17,29,31-32,40H,1,3,8,11-12,16,18-26H2,(H,37,44)(H,38,43). The number of carbonyl (C=O) groups excluding carboxylic acids is 4. The first kappa shape index (κ1) is 34.7. The molecule has 0 aromatic heterocycles. The van der Waals surface area contributed by atoms with Gasteiger partial charge in [0, 0.05) is 25.9 Å². The van der Waals surface area contributed by atoms with E-state index in [1.807, 2.05) is 66.7 Å². The topological polar surface area (TPSA) is 134 Å². The SMILES string of the molecule is O=C1CCCCC=CCC(CC(=O)N2Cc3ccccc3CC2CO)C(=O)NC(CCCCNC(=O)OCc2ccccc2)CO1. The summed E-state index contributed by atoms with van der Waals surface area (Å²) in [5.74, 6) is -1.34. The monoisotopic (exact) mass is 633 g/mol. The third-order valence-corrected chi connectivity index (χ3v) is 8.52. The Labute approximate surface area is 271 Å². The number of amides is 3. The van der Waals surface area contributed by atoms with Crippen molar-refractivity contribution in [3.8, 4) is 0 Å². The van der Waals surface area contributed by atoms with Gasteiger partial charge in [-0.05, 0) is 68.1 Å². The van der Waals surface area contributed by atoms with E-state index < -0.39 is 18.1 Å². The second-order valence-corrected chi connectivity index (χ2v) is 12.1. The summed E-state index contributed by atoms with van der Waals surface area (Å²) in [6.07, 6.45) is 8.94. The van der Waals surface area contributed by atoms with Crippen molar-refractivity contribution >= 4 is 23.9 Å². The fourth-order valence-corrected chi connectivity index (χ4v) is 5.83. The van der Waals surface area contributed by atoms with Crippen molar-refractivity contribution in [2.24, 2.45) is 5.92 Å². The summed E-state index contributed by atoms with van der Waals surface area (Å²) < 4.78 is 10.8. The second kappa shape index (κ2) is 18.7. The van der Waals surface area contributed by atoms with E-state index in [1.54, 1.807) is 4.90 Å². The number of unbranched alkanes of at least 4 members (excludes halogenated alkanes) is 1. The van der Waals surface area contributed by atoms with Crippen molar-refractivity contribution in [1.29, 1.82) is 0 Å². The molecular weight excluding hydrogens is 586 g/mol. The van der Waals surface area contributed by atoms with Gasteiger partial charge in [-0.3, -0.25) is 14.4 Å². The molecule has 0 saturated carbocycles. The molecule has 3 amide bonds. The molecule has 0 fully saturated rings. The Morgan fingerprint density at radius 1 is 1.00 bits per heavy atom. The van der Waals surface area contributed by atoms with Gasteiger partial charge in [0.15, 0.2) is 0 Å². The van der Waals surface area contributed by atoms with Crippen LogP contribution < -0.4 is 10.6 Å². The van der Waals surface area contributed by atoms with Crippen LogP contribution in [0.4, 0.5) is 4.79 Å². The van der Waals surface area contributed by atoms with Crippen LogP contribution >= 0.6 is 0 Å². The first-order chi connectivity index (χ1) is 22.4. The third kappa shape index (κ3) is 11.3. The van der Waals surface area contributed by atoms with Crippen LogP contribution in [0.1, 0.15) is 74.5 Å². The highest BCUT2D eigenvalue weighted by atomic mass is 16.5. The number of nitrogens with zero attached hydrogens (tertiary/aromatic N) is 1. The number of esters is 1. The molecule has 3 atom stereocenters. The summed E-state index contributed by atoms with van der Waals surface area (Å²) >= 11 is 0. The number of aliphatic hydroxyl groups is 1. The van der Waals surface area contributed by atoms with Gasteiger partial charge in [-0.15, -0.1) is 0 Å². The summed E-state index contributed by atoms with van der Waals surface area (Å²) in [5, 5.41) is 15.9. The van der Waals surface area contributed by atoms with Crippen LogP contribution in [0, 0.1) is 5.92 Å². The number of fused-ring (bicyclic) bond motifs is 1. The molecule has 0 aliphatic carbocycles. The van der Waals surface area contributed by atoms with Gasteiger partial charge in [0.05, 0.1) is 24.6 Å². The molecule has 46 heavy (non-hydrogen) atoms. The zero-order valence-corrected chi connectivity index (χ0v) is 26.5. The maximum Gasteiger partial charge on any atom is 0.407 e. The summed E-state index contributed by atoms with van der Waals surface area (Å²) in [4.78, 5) is 53.4. The largest absolute Gasteiger partial charge is 0.463 e. The summed E-state index contributed by atoms with van der Waals surface area (Å²) in [6.45, 7) is 0.890. The minimum atomic E-state index is -0.609. The van der Waals surface area contributed by atoms with Gasteiger partial charge < -0.3 is 30.1 Å². The lowest BCUT2D eigenvalue weighted by Gasteiger charge is -2.36. The van der Waals surface area contributed by atoms with Crippen LogP contribution in [0.5, 0.6) is 0 Å². The fourth-order valence-electron chi connectivity index (χ4n) is 5.83. The Balaban J connectivity index is 1.32. The number of aliphatic hydroxyl groups excluding tert-OH is 1. The molecule has 2 aromatic rings. The lowest BCUT2D eigenvalue weighted by atomic mass is 9.92. The lowest BCUT2D eigenvalue weighted by Crippen LogP contribution is -2.48. The van der Waals surface area contributed by atoms with Gasteiger partial charge in [-0.1, -0.05) is 66.7 Å². The number of cyclic esters (lactones) is 1. The van der Waals surface area contributed by atoms with Crippen molar-refractivity contribution in [3.63, 3.8) is 0 Å². The number of allylic oxidation sites excluding steroid dienone is 2. The number of hydrogen-bond acceptors (Lipinski definition) is 7. The maximum atomic E-state index is 13.6. The predicted molar refractivity (Wildman–Crippen MR) is 173 cm³/mol. The highest BCUT2D eigenvalue weighted by molar-refractivity contribution is 5.86. The van der Waals surface area contributed by atoms with Gasteiger partial charge in [-0.2, -0.15) is 0 Å². The van der Waals surface area contributed by atoms with Gasteiger partial charge in [0.1, 0.15) is 13.2 Å². The number of rotatable bonds is 10. The Morgan fingerprint density at radius 3 is 2.59 bits per heavy atom. The van der Waals surface area contributed by atoms with Crippen LogP contribution in [-0.4, -0.2) is 65.7 Å². The molecule has 3 unspecified atom stereocenters. The highest BCUT2D eigenvalue weighted by Gasteiger charge is 2.32. The van der Waals surface area contributed by atoms with E-state index in [2.05, 4.69) is 10.6 Å². The smallest absolute Gasteiger partial charge is 0.407 e. The minimum Gasteiger partial charge on any atom is -0.463 e. The second-order valence-electron chi connectivity index (χ2n) is 12.1. The van der Waals surface area contributed by atoms with E-state index in [0.717, 1.165) is 29.5 Å². The van der Waals surface area contributed by atoms with Crippen LogP contribution in [-0.2, 0) is 43.4 Å². The Morgan fingerprint density at radius 2 is 1.78 bits per heavy atom. The zero-order valence-electron chi connectivity index (χ0n) is 26.5. The number of hydrogen-bond donors (Lipinski definition) is 3. The average Bonchev–Trinajstić information content (AvgIpc) is 3.07. The zero-order chi connectivity index (χ0) is 32.6. The van der Waals surface area contributed by atoms with E-state index in [-0.39, 0.29) is 50.1 Å². The number of ether oxygens (including phenoxy) is 2. The van der Waals surface area contributed by atoms with E-state index in [9.17, 15) is 24.3 Å². The van der Waals surface area contributed by atoms with Crippen molar-refractivity contribution in [3.05, 3.63) is 83.4 Å². The molecule has 10 heteroatoms. The van der Waals surface area contributed by atoms with E-state index in [4.69, 9.17) is 9.47 Å². The first-order valence-electron chi connectivity index (χ1n) is 16.5. The highest BCUT2D eigenvalue weighted by Crippen LogP contribution is 2.25. The molecule has 0 radical (unpaired) electrons. The fraction of sp³-hybridized carbons (Fsp3) is 0.500. The van der Waals surface area contributed by atoms with Crippen molar-refractivity contribution < 1.29 is 33.8 Å². The summed E-state index contributed by atoms with van der Waals surface area (Å²) in [6, 6.07) is 16.6. The number of nitrogens with one attached hydrogen (secondary N) is 2. The van der Waals surface area contributed by atoms with Gasteiger partial charge in [0.2, 0.25) is 11.8 Å². The average molecular weight is 634 g/mol. The molecule has 0 bridgehead atoms. The van der Waals surface area contributed by atoms with Crippen LogP contribution in [0.15, 0.2) is 66.7 Å². The van der Waals surface area contributed by atoms with Gasteiger partial charge in [0.25, 0.3) is 0 Å². The summed E-state index contributed by atoms with van der Waals surface area (Å²) in [5.41, 5.74) is 3.08. The molecule has 2 aliphatic heterocycles. The molecule has 3 N–H and O–H groups in total. The summed E-state index contributed by atoms with van der Waals surface area (Å²) in [7, 11) is 0. The van der Waals surface area contributed by atoms with E-state index in [0.29, 0.717) is 58.0 Å². The molecule has 0 saturated heterocycles. The predicted octanol–water partition coefficient (Wildman–Crippen LogP) is 4.58. The molecule has 2 aliphatic rings. The molecule has 4 rings (SSSR count). The molecule has 0 spiro atoms. The Kier molecular flexibility index (Phi) is 14.1. The normalized spacial score (nSPS) is 20.9. The Bertz CT molecular complexity index is 1320. The van der Waals surface area contributed by atoms with Crippen molar-refractivity contribution in [2.75, 3.05) is 19.8 Å². The minimum absolute atomic E-state index is 0.0103. The van der Waals surface area contributed by atoms with Crippen molar-refractivity contribution in [1.82, 2.24) is 15.5 Å². The molecule has 10 nitrogen and oxygen atoms in total. The van der Waals surface area contributed by atoms with Gasteiger partial charge >= 0.3 is 12.1 Å². The quantitative estimate of drug-likeness (QED) is 0.198. The van der Waals surface area contributed by atoms with Crippen molar-refractivity contribution in [2.45, 2.75) is 89.4 Å². The first-order valence-corrected chi connectivity index (χ1v) is 16.5. The molecule has 2 heterocycles. The maximum absolute atomic E-state index is 13.6. The van der Waals surface area contributed by atoms with E-state index in [1.165, 1.54) is 0 Å².